The summed E-state index contributed by atoms with van der Waals surface area (Å²) in [6.07, 6.45) is 5.97. The van der Waals surface area contributed by atoms with E-state index in [4.69, 9.17) is 10.5 Å². The van der Waals surface area contributed by atoms with Crippen LogP contribution in [0.4, 0.5) is 11.4 Å². The minimum atomic E-state index is -0.364. The van der Waals surface area contributed by atoms with E-state index in [-0.39, 0.29) is 5.97 Å². The highest BCUT2D eigenvalue weighted by Crippen LogP contribution is 2.42. The predicted molar refractivity (Wildman–Crippen MR) is 85.4 cm³/mol. The van der Waals surface area contributed by atoms with Crippen molar-refractivity contribution in [2.75, 3.05) is 30.5 Å². The molecule has 3 N–H and O–H groups in total. The molecule has 1 aliphatic carbocycles. The molecule has 0 unspecified atom stereocenters. The normalized spacial score (nSPS) is 16.3. The molecular weight excluding hydrogens is 272 g/mol. The number of hydrogen-bond donors (Lipinski definition) is 2. The number of benzene rings is 1. The molecule has 0 spiro atoms. The fraction of sp³-hybridized carbons (Fsp3) is 0.533. The van der Waals surface area contributed by atoms with Crippen LogP contribution in [0.1, 0.15) is 36.5 Å². The highest BCUT2D eigenvalue weighted by Gasteiger charge is 2.35. The zero-order chi connectivity index (χ0) is 14.6. The summed E-state index contributed by atoms with van der Waals surface area (Å²) in [7, 11) is 0. The molecule has 0 aliphatic heterocycles. The third kappa shape index (κ3) is 3.20. The Labute approximate surface area is 124 Å². The van der Waals surface area contributed by atoms with Crippen LogP contribution < -0.4 is 11.1 Å². The lowest BCUT2D eigenvalue weighted by Crippen LogP contribution is -2.40. The first-order valence-electron chi connectivity index (χ1n) is 6.96. The van der Waals surface area contributed by atoms with Crippen LogP contribution in [0.15, 0.2) is 18.2 Å². The van der Waals surface area contributed by atoms with E-state index in [1.165, 1.54) is 19.3 Å². The van der Waals surface area contributed by atoms with Gasteiger partial charge in [0, 0.05) is 22.7 Å². The minimum absolute atomic E-state index is 0.353. The standard InChI is InChI=1S/C15H22N2O2S/c1-3-19-14(18)12-9-11(5-6-13(12)16)17-10-15(20-2)7-4-8-15/h5-6,9,17H,3-4,7-8,10,16H2,1-2H3. The van der Waals surface area contributed by atoms with Gasteiger partial charge in [0.25, 0.3) is 0 Å². The van der Waals surface area contributed by atoms with Crippen LogP contribution in [-0.2, 0) is 4.74 Å². The quantitative estimate of drug-likeness (QED) is 0.623. The Morgan fingerprint density at radius 2 is 2.25 bits per heavy atom. The number of nitrogen functional groups attached to an aromatic ring is 1. The second-order valence-corrected chi connectivity index (χ2v) is 6.39. The van der Waals surface area contributed by atoms with Crippen LogP contribution in [0.25, 0.3) is 0 Å². The lowest BCUT2D eigenvalue weighted by atomic mass is 9.84. The number of anilines is 2. The molecule has 1 aromatic rings. The zero-order valence-electron chi connectivity index (χ0n) is 12.1. The first kappa shape index (κ1) is 15.0. The Morgan fingerprint density at radius 1 is 1.50 bits per heavy atom. The Bertz CT molecular complexity index is 481. The lowest BCUT2D eigenvalue weighted by Gasteiger charge is -2.40. The molecule has 1 fully saturated rings. The van der Waals surface area contributed by atoms with Crippen LogP contribution in [0, 0.1) is 0 Å². The molecule has 2 rings (SSSR count). The molecule has 4 nitrogen and oxygen atoms in total. The van der Waals surface area contributed by atoms with Crippen LogP contribution >= 0.6 is 11.8 Å². The van der Waals surface area contributed by atoms with Gasteiger partial charge in [-0.3, -0.25) is 0 Å². The summed E-state index contributed by atoms with van der Waals surface area (Å²) >= 11 is 1.92. The fourth-order valence-corrected chi connectivity index (χ4v) is 3.25. The Balaban J connectivity index is 2.05. The van der Waals surface area contributed by atoms with Gasteiger partial charge in [0.2, 0.25) is 0 Å². The van der Waals surface area contributed by atoms with Crippen LogP contribution in [0.2, 0.25) is 0 Å². The van der Waals surface area contributed by atoms with Crippen LogP contribution in [0.5, 0.6) is 0 Å². The van der Waals surface area contributed by atoms with Crippen LogP contribution in [-0.4, -0.2) is 30.1 Å². The molecular formula is C15H22N2O2S. The zero-order valence-corrected chi connectivity index (χ0v) is 12.9. The molecule has 0 heterocycles. The molecule has 0 amide bonds. The second kappa shape index (κ2) is 6.39. The largest absolute Gasteiger partial charge is 0.462 e. The van der Waals surface area contributed by atoms with Gasteiger partial charge in [0.05, 0.1) is 12.2 Å². The summed E-state index contributed by atoms with van der Waals surface area (Å²) in [4.78, 5) is 11.8. The second-order valence-electron chi connectivity index (χ2n) is 5.12. The molecule has 5 heteroatoms. The third-order valence-electron chi connectivity index (χ3n) is 3.86. The van der Waals surface area contributed by atoms with Gasteiger partial charge in [-0.2, -0.15) is 11.8 Å². The maximum absolute atomic E-state index is 11.8. The molecule has 0 radical (unpaired) electrons. The lowest BCUT2D eigenvalue weighted by molar-refractivity contribution is 0.0527. The van der Waals surface area contributed by atoms with Gasteiger partial charge in [0.15, 0.2) is 0 Å². The molecule has 0 atom stereocenters. The number of nitrogens with two attached hydrogens (primary N) is 1. The van der Waals surface area contributed by atoms with E-state index in [2.05, 4.69) is 11.6 Å². The first-order chi connectivity index (χ1) is 9.60. The predicted octanol–water partition coefficient (Wildman–Crippen LogP) is 3.14. The van der Waals surface area contributed by atoms with Crippen molar-refractivity contribution in [1.82, 2.24) is 0 Å². The van der Waals surface area contributed by atoms with E-state index < -0.39 is 0 Å². The number of rotatable bonds is 6. The summed E-state index contributed by atoms with van der Waals surface area (Å²) in [6, 6.07) is 5.44. The van der Waals surface area contributed by atoms with Crippen molar-refractivity contribution in [2.45, 2.75) is 30.9 Å². The highest BCUT2D eigenvalue weighted by atomic mass is 32.2. The molecule has 20 heavy (non-hydrogen) atoms. The summed E-state index contributed by atoms with van der Waals surface area (Å²) in [5.74, 6) is -0.364. The van der Waals surface area contributed by atoms with Crippen molar-refractivity contribution < 1.29 is 9.53 Å². The number of hydrogen-bond acceptors (Lipinski definition) is 5. The van der Waals surface area contributed by atoms with Crippen molar-refractivity contribution in [3.63, 3.8) is 0 Å². The van der Waals surface area contributed by atoms with Crippen molar-refractivity contribution >= 4 is 29.1 Å². The average molecular weight is 294 g/mol. The van der Waals surface area contributed by atoms with Gasteiger partial charge >= 0.3 is 5.97 Å². The molecule has 110 valence electrons. The number of nitrogens with one attached hydrogen (secondary N) is 1. The average Bonchev–Trinajstić information content (AvgIpc) is 2.40. The molecule has 0 saturated heterocycles. The van der Waals surface area contributed by atoms with Crippen molar-refractivity contribution in [2.24, 2.45) is 0 Å². The van der Waals surface area contributed by atoms with E-state index in [0.717, 1.165) is 12.2 Å². The number of ether oxygens (including phenoxy) is 1. The SMILES string of the molecule is CCOC(=O)c1cc(NCC2(SC)CCC2)ccc1N. The number of carbonyl (C=O) groups is 1. The van der Waals surface area contributed by atoms with Gasteiger partial charge in [-0.15, -0.1) is 0 Å². The van der Waals surface area contributed by atoms with Crippen LogP contribution in [0.3, 0.4) is 0 Å². The Morgan fingerprint density at radius 3 is 2.80 bits per heavy atom. The topological polar surface area (TPSA) is 64.3 Å². The molecule has 1 aromatic carbocycles. The monoisotopic (exact) mass is 294 g/mol. The van der Waals surface area contributed by atoms with E-state index in [9.17, 15) is 4.79 Å². The van der Waals surface area contributed by atoms with E-state index in [1.54, 1.807) is 19.1 Å². The van der Waals surface area contributed by atoms with E-state index in [1.807, 2.05) is 17.8 Å². The molecule has 1 saturated carbocycles. The van der Waals surface area contributed by atoms with Gasteiger partial charge in [-0.25, -0.2) is 4.79 Å². The maximum Gasteiger partial charge on any atom is 0.340 e. The smallest absolute Gasteiger partial charge is 0.340 e. The van der Waals surface area contributed by atoms with Crippen molar-refractivity contribution in [1.29, 1.82) is 0 Å². The first-order valence-corrected chi connectivity index (χ1v) is 8.18. The summed E-state index contributed by atoms with van der Waals surface area (Å²) in [6.45, 7) is 3.06. The number of thioether (sulfide) groups is 1. The molecule has 0 aromatic heterocycles. The fourth-order valence-electron chi connectivity index (χ4n) is 2.34. The van der Waals surface area contributed by atoms with Gasteiger partial charge in [-0.1, -0.05) is 6.42 Å². The van der Waals surface area contributed by atoms with Crippen molar-refractivity contribution in [3.05, 3.63) is 23.8 Å². The van der Waals surface area contributed by atoms with Gasteiger partial charge in [-0.05, 0) is 44.2 Å². The van der Waals surface area contributed by atoms with E-state index >= 15 is 0 Å². The summed E-state index contributed by atoms with van der Waals surface area (Å²) in [5, 5.41) is 3.42. The maximum atomic E-state index is 11.8. The minimum Gasteiger partial charge on any atom is -0.462 e. The molecule has 0 bridgehead atoms. The number of esters is 1. The molecule has 1 aliphatic rings. The van der Waals surface area contributed by atoms with E-state index in [0.29, 0.717) is 22.6 Å². The Hall–Kier alpha value is -1.36. The van der Waals surface area contributed by atoms with Crippen molar-refractivity contribution in [3.8, 4) is 0 Å². The van der Waals surface area contributed by atoms with Gasteiger partial charge in [0.1, 0.15) is 0 Å². The number of carbonyl (C=O) groups excluding carboxylic acids is 1. The summed E-state index contributed by atoms with van der Waals surface area (Å²) < 4.78 is 5.36. The van der Waals surface area contributed by atoms with Gasteiger partial charge < -0.3 is 15.8 Å². The summed E-state index contributed by atoms with van der Waals surface area (Å²) in [5.41, 5.74) is 7.64. The highest BCUT2D eigenvalue weighted by molar-refractivity contribution is 8.00. The Kier molecular flexibility index (Phi) is 4.81. The third-order valence-corrected chi connectivity index (χ3v) is 5.28.